The standard InChI is InChI=1S/C21H20N2O6/c1-2-28-16-9-7-15(8-10-16)22-18(24)13-29-20(26)12-23-19(25)11-14-5-3-4-6-17(14)21(23)27/h3-10H,2,11-13H2,1H3,(H,22,24). The summed E-state index contributed by atoms with van der Waals surface area (Å²) in [6, 6.07) is 13.5. The first-order valence-electron chi connectivity index (χ1n) is 9.09. The van der Waals surface area contributed by atoms with Gasteiger partial charge in [-0.25, -0.2) is 0 Å². The molecule has 0 atom stereocenters. The zero-order valence-corrected chi connectivity index (χ0v) is 15.8. The number of imide groups is 1. The molecule has 0 saturated carbocycles. The number of nitrogens with zero attached hydrogens (tertiary/aromatic N) is 1. The van der Waals surface area contributed by atoms with Crippen molar-refractivity contribution in [1.29, 1.82) is 0 Å². The third-order valence-electron chi connectivity index (χ3n) is 4.24. The first kappa shape index (κ1) is 20.1. The summed E-state index contributed by atoms with van der Waals surface area (Å²) in [6.45, 7) is 1.34. The van der Waals surface area contributed by atoms with E-state index in [1.54, 1.807) is 48.5 Å². The number of fused-ring (bicyclic) bond motifs is 1. The molecule has 1 N–H and O–H groups in total. The number of esters is 1. The maximum absolute atomic E-state index is 12.4. The van der Waals surface area contributed by atoms with Crippen LogP contribution in [0, 0.1) is 0 Å². The lowest BCUT2D eigenvalue weighted by molar-refractivity contribution is -0.150. The van der Waals surface area contributed by atoms with Crippen LogP contribution in [-0.4, -0.2) is 48.3 Å². The van der Waals surface area contributed by atoms with Gasteiger partial charge in [-0.15, -0.1) is 0 Å². The van der Waals surface area contributed by atoms with Gasteiger partial charge in [0.15, 0.2) is 6.61 Å². The van der Waals surface area contributed by atoms with Gasteiger partial charge in [0.25, 0.3) is 11.8 Å². The molecule has 1 heterocycles. The van der Waals surface area contributed by atoms with Crippen molar-refractivity contribution in [3.63, 3.8) is 0 Å². The second kappa shape index (κ2) is 9.01. The molecule has 8 heteroatoms. The summed E-state index contributed by atoms with van der Waals surface area (Å²) in [4.78, 5) is 49.4. The molecule has 3 amide bonds. The van der Waals surface area contributed by atoms with Gasteiger partial charge < -0.3 is 14.8 Å². The summed E-state index contributed by atoms with van der Waals surface area (Å²) in [7, 11) is 0. The molecule has 0 aromatic heterocycles. The molecule has 150 valence electrons. The minimum Gasteiger partial charge on any atom is -0.494 e. The normalized spacial score (nSPS) is 12.9. The van der Waals surface area contributed by atoms with Crippen LogP contribution in [0.15, 0.2) is 48.5 Å². The Kier molecular flexibility index (Phi) is 6.23. The molecule has 0 fully saturated rings. The van der Waals surface area contributed by atoms with Crippen molar-refractivity contribution in [2.75, 3.05) is 25.1 Å². The average Bonchev–Trinajstić information content (AvgIpc) is 2.71. The van der Waals surface area contributed by atoms with E-state index in [-0.39, 0.29) is 6.42 Å². The third-order valence-corrected chi connectivity index (χ3v) is 4.24. The van der Waals surface area contributed by atoms with Gasteiger partial charge in [-0.1, -0.05) is 18.2 Å². The number of carbonyl (C=O) groups is 4. The number of carbonyl (C=O) groups excluding carboxylic acids is 4. The Bertz CT molecular complexity index is 938. The molecule has 0 unspecified atom stereocenters. The van der Waals surface area contributed by atoms with Crippen LogP contribution >= 0.6 is 0 Å². The van der Waals surface area contributed by atoms with E-state index in [2.05, 4.69) is 5.32 Å². The van der Waals surface area contributed by atoms with Gasteiger partial charge >= 0.3 is 5.97 Å². The van der Waals surface area contributed by atoms with Crippen LogP contribution in [0.3, 0.4) is 0 Å². The van der Waals surface area contributed by atoms with Gasteiger partial charge in [0.2, 0.25) is 5.91 Å². The topological polar surface area (TPSA) is 102 Å². The maximum atomic E-state index is 12.4. The van der Waals surface area contributed by atoms with Crippen LogP contribution < -0.4 is 10.1 Å². The zero-order chi connectivity index (χ0) is 20.8. The van der Waals surface area contributed by atoms with Crippen LogP contribution in [0.25, 0.3) is 0 Å². The molecule has 8 nitrogen and oxygen atoms in total. The Morgan fingerprint density at radius 1 is 1.07 bits per heavy atom. The molecule has 0 saturated heterocycles. The second-order valence-electron chi connectivity index (χ2n) is 6.29. The second-order valence-corrected chi connectivity index (χ2v) is 6.29. The van der Waals surface area contributed by atoms with E-state index >= 15 is 0 Å². The number of amides is 3. The number of nitrogens with one attached hydrogen (secondary N) is 1. The quantitative estimate of drug-likeness (QED) is 0.566. The van der Waals surface area contributed by atoms with Crippen molar-refractivity contribution in [2.45, 2.75) is 13.3 Å². The maximum Gasteiger partial charge on any atom is 0.326 e. The number of benzene rings is 2. The lowest BCUT2D eigenvalue weighted by Gasteiger charge is -2.25. The molecular formula is C21H20N2O6. The average molecular weight is 396 g/mol. The van der Waals surface area contributed by atoms with Crippen LogP contribution in [-0.2, 0) is 25.5 Å². The molecule has 2 aromatic rings. The number of ether oxygens (including phenoxy) is 2. The highest BCUT2D eigenvalue weighted by Gasteiger charge is 2.32. The number of hydrogen-bond acceptors (Lipinski definition) is 6. The smallest absolute Gasteiger partial charge is 0.326 e. The number of anilines is 1. The lowest BCUT2D eigenvalue weighted by atomic mass is 9.98. The molecular weight excluding hydrogens is 376 g/mol. The Labute approximate surface area is 167 Å². The molecule has 1 aliphatic heterocycles. The summed E-state index contributed by atoms with van der Waals surface area (Å²) < 4.78 is 10.2. The van der Waals surface area contributed by atoms with Gasteiger partial charge in [-0.2, -0.15) is 0 Å². The molecule has 0 radical (unpaired) electrons. The summed E-state index contributed by atoms with van der Waals surface area (Å²) in [5, 5.41) is 2.58. The molecule has 1 aliphatic rings. The summed E-state index contributed by atoms with van der Waals surface area (Å²) >= 11 is 0. The largest absolute Gasteiger partial charge is 0.494 e. The van der Waals surface area contributed by atoms with Crippen LogP contribution in [0.4, 0.5) is 5.69 Å². The Hall–Kier alpha value is -3.68. The lowest BCUT2D eigenvalue weighted by Crippen LogP contribution is -2.45. The minimum absolute atomic E-state index is 0.0351. The number of rotatable bonds is 7. The van der Waals surface area contributed by atoms with Crippen molar-refractivity contribution in [3.05, 3.63) is 59.7 Å². The highest BCUT2D eigenvalue weighted by Crippen LogP contribution is 2.19. The van der Waals surface area contributed by atoms with Crippen molar-refractivity contribution < 1.29 is 28.7 Å². The third kappa shape index (κ3) is 4.98. The molecule has 0 spiro atoms. The van der Waals surface area contributed by atoms with E-state index < -0.39 is 36.8 Å². The van der Waals surface area contributed by atoms with E-state index in [9.17, 15) is 19.2 Å². The van der Waals surface area contributed by atoms with Gasteiger partial charge in [0, 0.05) is 11.3 Å². The minimum atomic E-state index is -0.840. The summed E-state index contributed by atoms with van der Waals surface area (Å²) in [6.07, 6.45) is 0.0351. The summed E-state index contributed by atoms with van der Waals surface area (Å²) in [5.41, 5.74) is 1.53. The van der Waals surface area contributed by atoms with Gasteiger partial charge in [-0.3, -0.25) is 24.1 Å². The molecule has 29 heavy (non-hydrogen) atoms. The molecule has 0 aliphatic carbocycles. The molecule has 3 rings (SSSR count). The molecule has 2 aromatic carbocycles. The highest BCUT2D eigenvalue weighted by atomic mass is 16.5. The van der Waals surface area contributed by atoms with E-state index in [4.69, 9.17) is 9.47 Å². The van der Waals surface area contributed by atoms with Crippen LogP contribution in [0.2, 0.25) is 0 Å². The monoisotopic (exact) mass is 396 g/mol. The van der Waals surface area contributed by atoms with Gasteiger partial charge in [-0.05, 0) is 42.8 Å². The van der Waals surface area contributed by atoms with Gasteiger partial charge in [0.1, 0.15) is 12.3 Å². The van der Waals surface area contributed by atoms with Crippen molar-refractivity contribution in [1.82, 2.24) is 4.90 Å². The Balaban J connectivity index is 1.50. The van der Waals surface area contributed by atoms with Gasteiger partial charge in [0.05, 0.1) is 13.0 Å². The van der Waals surface area contributed by atoms with E-state index in [1.807, 2.05) is 6.92 Å². The van der Waals surface area contributed by atoms with E-state index in [1.165, 1.54) is 0 Å². The highest BCUT2D eigenvalue weighted by molar-refractivity contribution is 6.11. The van der Waals surface area contributed by atoms with Crippen molar-refractivity contribution in [2.24, 2.45) is 0 Å². The van der Waals surface area contributed by atoms with Crippen LogP contribution in [0.5, 0.6) is 5.75 Å². The first-order chi connectivity index (χ1) is 14.0. The van der Waals surface area contributed by atoms with E-state index in [0.717, 1.165) is 4.90 Å². The fourth-order valence-corrected chi connectivity index (χ4v) is 2.88. The number of hydrogen-bond donors (Lipinski definition) is 1. The van der Waals surface area contributed by atoms with Crippen molar-refractivity contribution >= 4 is 29.4 Å². The predicted octanol–water partition coefficient (Wildman–Crippen LogP) is 1.79. The zero-order valence-electron chi connectivity index (χ0n) is 15.8. The SMILES string of the molecule is CCOc1ccc(NC(=O)COC(=O)CN2C(=O)Cc3ccccc3C2=O)cc1. The fraction of sp³-hybridized carbons (Fsp3) is 0.238. The Morgan fingerprint density at radius 2 is 1.79 bits per heavy atom. The predicted molar refractivity (Wildman–Crippen MR) is 103 cm³/mol. The molecule has 0 bridgehead atoms. The first-order valence-corrected chi connectivity index (χ1v) is 9.09. The van der Waals surface area contributed by atoms with Crippen molar-refractivity contribution in [3.8, 4) is 5.75 Å². The van der Waals surface area contributed by atoms with E-state index in [0.29, 0.717) is 29.2 Å². The van der Waals surface area contributed by atoms with Crippen LogP contribution in [0.1, 0.15) is 22.8 Å². The summed E-state index contributed by atoms with van der Waals surface area (Å²) in [5.74, 6) is -1.73. The fourth-order valence-electron chi connectivity index (χ4n) is 2.88. The Morgan fingerprint density at radius 3 is 2.52 bits per heavy atom.